The van der Waals surface area contributed by atoms with E-state index in [4.69, 9.17) is 4.42 Å². The molecule has 0 aliphatic carbocycles. The summed E-state index contributed by atoms with van der Waals surface area (Å²) in [7, 11) is 4.07. The highest BCUT2D eigenvalue weighted by atomic mass is 16.3. The molecule has 0 radical (unpaired) electrons. The van der Waals surface area contributed by atoms with Gasteiger partial charge >= 0.3 is 0 Å². The van der Waals surface area contributed by atoms with E-state index in [1.165, 1.54) is 16.1 Å². The SMILES string of the molecule is Cc1ccc(C(O)=C2C(=O)C(=O)N(CCC[NH+](C)C)[C@@H]2c2ccco2)cc1. The average Bonchev–Trinajstić information content (AvgIpc) is 3.24. The maximum Gasteiger partial charge on any atom is 0.295 e. The van der Waals surface area contributed by atoms with Gasteiger partial charge in [-0.2, -0.15) is 0 Å². The Morgan fingerprint density at radius 3 is 2.48 bits per heavy atom. The van der Waals surface area contributed by atoms with Gasteiger partial charge in [0.15, 0.2) is 0 Å². The van der Waals surface area contributed by atoms with E-state index in [2.05, 4.69) is 0 Å². The second kappa shape index (κ2) is 7.80. The van der Waals surface area contributed by atoms with Crippen molar-refractivity contribution in [1.29, 1.82) is 0 Å². The summed E-state index contributed by atoms with van der Waals surface area (Å²) in [6, 6.07) is 9.92. The highest BCUT2D eigenvalue weighted by Gasteiger charge is 2.47. The van der Waals surface area contributed by atoms with Crippen LogP contribution >= 0.6 is 0 Å². The zero-order chi connectivity index (χ0) is 19.6. The molecule has 2 N–H and O–H groups in total. The van der Waals surface area contributed by atoms with E-state index in [1.807, 2.05) is 33.2 Å². The summed E-state index contributed by atoms with van der Waals surface area (Å²) in [5, 5.41) is 10.8. The molecule has 3 rings (SSSR count). The summed E-state index contributed by atoms with van der Waals surface area (Å²) in [6.07, 6.45) is 2.25. The van der Waals surface area contributed by atoms with Crippen LogP contribution in [0.2, 0.25) is 0 Å². The summed E-state index contributed by atoms with van der Waals surface area (Å²) in [5.74, 6) is -0.971. The van der Waals surface area contributed by atoms with E-state index < -0.39 is 17.7 Å². The third kappa shape index (κ3) is 3.80. The maximum absolute atomic E-state index is 12.7. The highest BCUT2D eigenvalue weighted by molar-refractivity contribution is 6.46. The Balaban J connectivity index is 2.03. The minimum Gasteiger partial charge on any atom is -0.507 e. The molecule has 6 nitrogen and oxygen atoms in total. The largest absolute Gasteiger partial charge is 0.507 e. The molecule has 1 fully saturated rings. The summed E-state index contributed by atoms with van der Waals surface area (Å²) >= 11 is 0. The number of likely N-dealkylation sites (tertiary alicyclic amines) is 1. The van der Waals surface area contributed by atoms with E-state index in [1.54, 1.807) is 24.3 Å². The lowest BCUT2D eigenvalue weighted by molar-refractivity contribution is -0.858. The van der Waals surface area contributed by atoms with Gasteiger partial charge in [0, 0.05) is 18.5 Å². The first kappa shape index (κ1) is 18.9. The lowest BCUT2D eigenvalue weighted by atomic mass is 9.99. The lowest BCUT2D eigenvalue weighted by Crippen LogP contribution is -3.05. The minimum absolute atomic E-state index is 0.0796. The number of benzene rings is 1. The number of nitrogens with zero attached hydrogens (tertiary/aromatic N) is 1. The Labute approximate surface area is 158 Å². The van der Waals surface area contributed by atoms with Crippen molar-refractivity contribution in [2.24, 2.45) is 0 Å². The average molecular weight is 369 g/mol. The first-order valence-electron chi connectivity index (χ1n) is 9.08. The fourth-order valence-electron chi connectivity index (χ4n) is 3.32. The first-order chi connectivity index (χ1) is 12.9. The maximum atomic E-state index is 12.7. The van der Waals surface area contributed by atoms with Crippen molar-refractivity contribution in [2.75, 3.05) is 27.2 Å². The molecular formula is C21H25N2O4+. The van der Waals surface area contributed by atoms with Crippen LogP contribution in [-0.2, 0) is 9.59 Å². The second-order valence-corrected chi connectivity index (χ2v) is 7.18. The summed E-state index contributed by atoms with van der Waals surface area (Å²) in [5.41, 5.74) is 1.63. The molecule has 1 aliphatic heterocycles. The van der Waals surface area contributed by atoms with E-state index in [0.29, 0.717) is 17.9 Å². The molecule has 2 heterocycles. The number of hydrogen-bond donors (Lipinski definition) is 2. The number of aliphatic hydroxyl groups excluding tert-OH is 1. The fraction of sp³-hybridized carbons (Fsp3) is 0.333. The van der Waals surface area contributed by atoms with Crippen LogP contribution in [0.5, 0.6) is 0 Å². The Morgan fingerprint density at radius 1 is 1.19 bits per heavy atom. The van der Waals surface area contributed by atoms with Crippen LogP contribution < -0.4 is 4.90 Å². The quantitative estimate of drug-likeness (QED) is 0.460. The number of ketones is 1. The zero-order valence-corrected chi connectivity index (χ0v) is 15.9. The fourth-order valence-corrected chi connectivity index (χ4v) is 3.32. The number of amides is 1. The van der Waals surface area contributed by atoms with Crippen molar-refractivity contribution in [1.82, 2.24) is 4.90 Å². The molecule has 0 spiro atoms. The number of carbonyl (C=O) groups is 2. The Morgan fingerprint density at radius 2 is 1.89 bits per heavy atom. The summed E-state index contributed by atoms with van der Waals surface area (Å²) in [6.45, 7) is 3.23. The highest BCUT2D eigenvalue weighted by Crippen LogP contribution is 2.39. The predicted octanol–water partition coefficient (Wildman–Crippen LogP) is 1.54. The number of aliphatic hydroxyl groups is 1. The Kier molecular flexibility index (Phi) is 5.46. The second-order valence-electron chi connectivity index (χ2n) is 7.18. The molecular weight excluding hydrogens is 344 g/mol. The molecule has 1 aromatic carbocycles. The smallest absolute Gasteiger partial charge is 0.295 e. The van der Waals surface area contributed by atoms with Gasteiger partial charge in [-0.3, -0.25) is 9.59 Å². The predicted molar refractivity (Wildman–Crippen MR) is 101 cm³/mol. The molecule has 1 atom stereocenters. The molecule has 142 valence electrons. The standard InChI is InChI=1S/C21H24N2O4/c1-14-7-9-15(10-8-14)19(24)17-18(16-6-4-13-27-16)23(21(26)20(17)25)12-5-11-22(2)3/h4,6-10,13,18,24H,5,11-12H2,1-3H3/p+1/t18-/m1/s1. The van der Waals surface area contributed by atoms with E-state index in [9.17, 15) is 14.7 Å². The lowest BCUT2D eigenvalue weighted by Gasteiger charge is -2.23. The topological polar surface area (TPSA) is 75.2 Å². The van der Waals surface area contributed by atoms with Crippen molar-refractivity contribution in [3.05, 3.63) is 65.1 Å². The zero-order valence-electron chi connectivity index (χ0n) is 15.9. The first-order valence-corrected chi connectivity index (χ1v) is 9.08. The molecule has 1 aliphatic rings. The number of nitrogens with one attached hydrogen (secondary N) is 1. The van der Waals surface area contributed by atoms with Gasteiger partial charge in [0.25, 0.3) is 11.7 Å². The molecule has 0 bridgehead atoms. The normalized spacial score (nSPS) is 19.3. The number of hydrogen-bond acceptors (Lipinski definition) is 4. The monoisotopic (exact) mass is 369 g/mol. The molecule has 1 saturated heterocycles. The third-order valence-electron chi connectivity index (χ3n) is 4.75. The van der Waals surface area contributed by atoms with Crippen LogP contribution in [0, 0.1) is 6.92 Å². The van der Waals surface area contributed by atoms with Crippen LogP contribution in [-0.4, -0.2) is 48.9 Å². The molecule has 6 heteroatoms. The van der Waals surface area contributed by atoms with E-state index in [-0.39, 0.29) is 11.3 Å². The summed E-state index contributed by atoms with van der Waals surface area (Å²) < 4.78 is 5.51. The van der Waals surface area contributed by atoms with Gasteiger partial charge in [-0.05, 0) is 19.1 Å². The van der Waals surface area contributed by atoms with Crippen LogP contribution in [0.1, 0.15) is 29.3 Å². The number of aryl methyl sites for hydroxylation is 1. The van der Waals surface area contributed by atoms with Gasteiger partial charge < -0.3 is 19.3 Å². The van der Waals surface area contributed by atoms with Gasteiger partial charge in [0.1, 0.15) is 17.6 Å². The van der Waals surface area contributed by atoms with Crippen LogP contribution in [0.4, 0.5) is 0 Å². The molecule has 1 amide bonds. The van der Waals surface area contributed by atoms with E-state index in [0.717, 1.165) is 18.5 Å². The van der Waals surface area contributed by atoms with Crippen LogP contribution in [0.25, 0.3) is 5.76 Å². The number of furan rings is 1. The Bertz CT molecular complexity index is 851. The number of rotatable bonds is 6. The van der Waals surface area contributed by atoms with Gasteiger partial charge in [0.2, 0.25) is 0 Å². The molecule has 1 aromatic heterocycles. The van der Waals surface area contributed by atoms with Gasteiger partial charge in [-0.1, -0.05) is 29.8 Å². The Hall–Kier alpha value is -2.86. The number of Topliss-reactive ketones (excluding diaryl/α,β-unsaturated/α-hetero) is 1. The van der Waals surface area contributed by atoms with Crippen molar-refractivity contribution < 1.29 is 24.0 Å². The molecule has 0 saturated carbocycles. The summed E-state index contributed by atoms with van der Waals surface area (Å²) in [4.78, 5) is 28.2. The van der Waals surface area contributed by atoms with Gasteiger partial charge in [-0.25, -0.2) is 0 Å². The minimum atomic E-state index is -0.710. The van der Waals surface area contributed by atoms with E-state index >= 15 is 0 Å². The van der Waals surface area contributed by atoms with Gasteiger partial charge in [0.05, 0.1) is 32.5 Å². The number of carbonyl (C=O) groups excluding carboxylic acids is 2. The van der Waals surface area contributed by atoms with Crippen molar-refractivity contribution in [3.8, 4) is 0 Å². The molecule has 0 unspecified atom stereocenters. The van der Waals surface area contributed by atoms with Gasteiger partial charge in [-0.15, -0.1) is 0 Å². The van der Waals surface area contributed by atoms with Crippen LogP contribution in [0.15, 0.2) is 52.7 Å². The van der Waals surface area contributed by atoms with Crippen molar-refractivity contribution in [3.63, 3.8) is 0 Å². The third-order valence-corrected chi connectivity index (χ3v) is 4.75. The van der Waals surface area contributed by atoms with Crippen LogP contribution in [0.3, 0.4) is 0 Å². The molecule has 2 aromatic rings. The molecule has 27 heavy (non-hydrogen) atoms. The van der Waals surface area contributed by atoms with Crippen molar-refractivity contribution >= 4 is 17.4 Å². The van der Waals surface area contributed by atoms with Crippen molar-refractivity contribution in [2.45, 2.75) is 19.4 Å². The number of quaternary nitrogens is 1.